The van der Waals surface area contributed by atoms with Crippen molar-refractivity contribution in [2.75, 3.05) is 23.7 Å². The summed E-state index contributed by atoms with van der Waals surface area (Å²) in [6.07, 6.45) is 1.15. The van der Waals surface area contributed by atoms with Crippen molar-refractivity contribution in [3.8, 4) is 11.5 Å². The summed E-state index contributed by atoms with van der Waals surface area (Å²) in [5.74, 6) is 1.14. The standard InChI is InChI=1S/C30H38N2O5S/c1-22(2)37-28-9-7-8-26(20-28)32(38(6,34)35)21-23-10-12-24(13-11-23)29(33)31-18-19-36-27-16-14-25(15-17-27)30(3,4)5/h7-17,20,22H,18-19,21H2,1-6H3,(H,31,33). The number of sulfonamides is 1. The fourth-order valence-electron chi connectivity index (χ4n) is 3.80. The number of nitrogens with zero attached hydrogens (tertiary/aromatic N) is 1. The van der Waals surface area contributed by atoms with Gasteiger partial charge in [0.2, 0.25) is 10.0 Å². The average molecular weight is 539 g/mol. The van der Waals surface area contributed by atoms with E-state index in [2.05, 4.69) is 38.2 Å². The first-order chi connectivity index (χ1) is 17.8. The molecule has 0 radical (unpaired) electrons. The van der Waals surface area contributed by atoms with E-state index in [9.17, 15) is 13.2 Å². The molecule has 0 fully saturated rings. The number of rotatable bonds is 11. The number of ether oxygens (including phenoxy) is 2. The van der Waals surface area contributed by atoms with E-state index in [4.69, 9.17) is 9.47 Å². The van der Waals surface area contributed by atoms with Gasteiger partial charge in [-0.1, -0.05) is 51.1 Å². The number of amides is 1. The van der Waals surface area contributed by atoms with Crippen LogP contribution in [0.25, 0.3) is 0 Å². The van der Waals surface area contributed by atoms with Gasteiger partial charge < -0.3 is 14.8 Å². The number of benzene rings is 3. The van der Waals surface area contributed by atoms with E-state index in [1.165, 1.54) is 16.1 Å². The van der Waals surface area contributed by atoms with E-state index in [0.717, 1.165) is 11.3 Å². The van der Waals surface area contributed by atoms with Crippen molar-refractivity contribution < 1.29 is 22.7 Å². The molecule has 3 aromatic rings. The van der Waals surface area contributed by atoms with E-state index in [1.54, 1.807) is 48.5 Å². The fourth-order valence-corrected chi connectivity index (χ4v) is 4.68. The van der Waals surface area contributed by atoms with Crippen LogP contribution in [0.5, 0.6) is 11.5 Å². The monoisotopic (exact) mass is 538 g/mol. The Morgan fingerprint density at radius 2 is 1.61 bits per heavy atom. The molecule has 7 nitrogen and oxygen atoms in total. The summed E-state index contributed by atoms with van der Waals surface area (Å²) >= 11 is 0. The van der Waals surface area contributed by atoms with Crippen LogP contribution < -0.4 is 19.1 Å². The summed E-state index contributed by atoms with van der Waals surface area (Å²) in [4.78, 5) is 12.6. The quantitative estimate of drug-likeness (QED) is 0.324. The normalized spacial score (nSPS) is 11.8. The van der Waals surface area contributed by atoms with Crippen LogP contribution >= 0.6 is 0 Å². The molecule has 1 N–H and O–H groups in total. The van der Waals surface area contributed by atoms with Crippen LogP contribution in [0.2, 0.25) is 0 Å². The second-order valence-electron chi connectivity index (χ2n) is 10.5. The molecular weight excluding hydrogens is 500 g/mol. The summed E-state index contributed by atoms with van der Waals surface area (Å²) in [5.41, 5.74) is 3.07. The topological polar surface area (TPSA) is 84.9 Å². The first-order valence-corrected chi connectivity index (χ1v) is 14.5. The first kappa shape index (κ1) is 29.0. The van der Waals surface area contributed by atoms with Crippen molar-refractivity contribution in [3.05, 3.63) is 89.5 Å². The Balaban J connectivity index is 1.56. The molecule has 1 amide bonds. The summed E-state index contributed by atoms with van der Waals surface area (Å²) in [6, 6.07) is 21.9. The van der Waals surface area contributed by atoms with Crippen LogP contribution in [0.4, 0.5) is 5.69 Å². The van der Waals surface area contributed by atoms with E-state index in [0.29, 0.717) is 30.2 Å². The number of carbonyl (C=O) groups excluding carboxylic acids is 1. The second-order valence-corrected chi connectivity index (χ2v) is 12.4. The third-order valence-corrected chi connectivity index (χ3v) is 6.94. The largest absolute Gasteiger partial charge is 0.492 e. The number of nitrogens with one attached hydrogen (secondary N) is 1. The fraction of sp³-hybridized carbons (Fsp3) is 0.367. The zero-order valence-electron chi connectivity index (χ0n) is 23.0. The molecule has 0 atom stereocenters. The predicted octanol–water partition coefficient (Wildman–Crippen LogP) is 5.55. The molecule has 0 saturated heterocycles. The molecule has 0 unspecified atom stereocenters. The lowest BCUT2D eigenvalue weighted by molar-refractivity contribution is 0.0947. The van der Waals surface area contributed by atoms with Crippen LogP contribution in [0.1, 0.15) is 56.1 Å². The minimum Gasteiger partial charge on any atom is -0.492 e. The summed E-state index contributed by atoms with van der Waals surface area (Å²) < 4.78 is 37.9. The van der Waals surface area contributed by atoms with E-state index in [-0.39, 0.29) is 24.0 Å². The lowest BCUT2D eigenvalue weighted by atomic mass is 9.87. The van der Waals surface area contributed by atoms with Gasteiger partial charge in [0.25, 0.3) is 5.91 Å². The van der Waals surface area contributed by atoms with Crippen molar-refractivity contribution in [2.24, 2.45) is 0 Å². The van der Waals surface area contributed by atoms with Gasteiger partial charge in [0.15, 0.2) is 0 Å². The number of hydrogen-bond donors (Lipinski definition) is 1. The minimum atomic E-state index is -3.55. The Morgan fingerprint density at radius 3 is 2.18 bits per heavy atom. The molecule has 0 aliphatic carbocycles. The minimum absolute atomic E-state index is 0.0258. The maximum Gasteiger partial charge on any atom is 0.251 e. The molecule has 0 aliphatic heterocycles. The molecule has 0 aliphatic rings. The zero-order valence-corrected chi connectivity index (χ0v) is 23.8. The van der Waals surface area contributed by atoms with Gasteiger partial charge in [-0.2, -0.15) is 0 Å². The maximum absolute atomic E-state index is 12.6. The Hall–Kier alpha value is -3.52. The molecule has 204 valence electrons. The predicted molar refractivity (Wildman–Crippen MR) is 153 cm³/mol. The molecule has 8 heteroatoms. The molecule has 3 aromatic carbocycles. The first-order valence-electron chi connectivity index (χ1n) is 12.7. The molecule has 38 heavy (non-hydrogen) atoms. The Morgan fingerprint density at radius 1 is 0.947 bits per heavy atom. The Labute approximate surface area is 226 Å². The van der Waals surface area contributed by atoms with Gasteiger partial charge in [-0.15, -0.1) is 0 Å². The zero-order chi connectivity index (χ0) is 27.9. The van der Waals surface area contributed by atoms with Crippen LogP contribution in [0, 0.1) is 0 Å². The SMILES string of the molecule is CC(C)Oc1cccc(N(Cc2ccc(C(=O)NCCOc3ccc(C(C)(C)C)cc3)cc2)S(C)(=O)=O)c1. The molecule has 3 rings (SSSR count). The van der Waals surface area contributed by atoms with Crippen LogP contribution in [-0.4, -0.2) is 39.8 Å². The molecule has 0 saturated carbocycles. The van der Waals surface area contributed by atoms with E-state index >= 15 is 0 Å². The number of carbonyl (C=O) groups is 1. The van der Waals surface area contributed by atoms with Crippen molar-refractivity contribution in [1.29, 1.82) is 0 Å². The molecule has 0 aromatic heterocycles. The summed E-state index contributed by atoms with van der Waals surface area (Å²) in [5, 5.41) is 2.85. The van der Waals surface area contributed by atoms with Gasteiger partial charge in [0, 0.05) is 11.6 Å². The van der Waals surface area contributed by atoms with E-state index in [1.807, 2.05) is 26.0 Å². The highest BCUT2D eigenvalue weighted by Gasteiger charge is 2.19. The van der Waals surface area contributed by atoms with Gasteiger partial charge in [0.1, 0.15) is 18.1 Å². The van der Waals surface area contributed by atoms with Crippen molar-refractivity contribution in [1.82, 2.24) is 5.32 Å². The van der Waals surface area contributed by atoms with Crippen molar-refractivity contribution in [3.63, 3.8) is 0 Å². The molecule has 0 heterocycles. The van der Waals surface area contributed by atoms with Crippen LogP contribution in [0.15, 0.2) is 72.8 Å². The van der Waals surface area contributed by atoms with Gasteiger partial charge in [-0.3, -0.25) is 9.10 Å². The molecule has 0 spiro atoms. The lowest BCUT2D eigenvalue weighted by Crippen LogP contribution is -2.29. The van der Waals surface area contributed by atoms with Gasteiger partial charge in [0.05, 0.1) is 31.1 Å². The highest BCUT2D eigenvalue weighted by Crippen LogP contribution is 2.26. The number of hydrogen-bond acceptors (Lipinski definition) is 5. The molecular formula is C30H38N2O5S. The highest BCUT2D eigenvalue weighted by molar-refractivity contribution is 7.92. The van der Waals surface area contributed by atoms with Gasteiger partial charge in [-0.25, -0.2) is 8.42 Å². The summed E-state index contributed by atoms with van der Waals surface area (Å²) in [6.45, 7) is 11.2. The van der Waals surface area contributed by atoms with Crippen molar-refractivity contribution in [2.45, 2.75) is 52.7 Å². The summed E-state index contributed by atoms with van der Waals surface area (Å²) in [7, 11) is -3.55. The highest BCUT2D eigenvalue weighted by atomic mass is 32.2. The lowest BCUT2D eigenvalue weighted by Gasteiger charge is -2.23. The van der Waals surface area contributed by atoms with Crippen LogP contribution in [-0.2, 0) is 22.0 Å². The Kier molecular flexibility index (Phi) is 9.44. The average Bonchev–Trinajstić information content (AvgIpc) is 2.84. The van der Waals surface area contributed by atoms with Crippen molar-refractivity contribution >= 4 is 21.6 Å². The maximum atomic E-state index is 12.6. The second kappa shape index (κ2) is 12.3. The van der Waals surface area contributed by atoms with Gasteiger partial charge in [-0.05, 0) is 66.8 Å². The smallest absolute Gasteiger partial charge is 0.251 e. The Bertz CT molecular complexity index is 1310. The third-order valence-electron chi connectivity index (χ3n) is 5.80. The number of anilines is 1. The van der Waals surface area contributed by atoms with E-state index < -0.39 is 10.0 Å². The van der Waals surface area contributed by atoms with Crippen LogP contribution in [0.3, 0.4) is 0 Å². The molecule has 0 bridgehead atoms. The van der Waals surface area contributed by atoms with Gasteiger partial charge >= 0.3 is 0 Å². The third kappa shape index (κ3) is 8.52.